The zero-order chi connectivity index (χ0) is 24.7. The van der Waals surface area contributed by atoms with Gasteiger partial charge < -0.3 is 24.7 Å². The zero-order valence-corrected chi connectivity index (χ0v) is 19.7. The second-order valence-electron chi connectivity index (χ2n) is 8.79. The van der Waals surface area contributed by atoms with Crippen molar-refractivity contribution in [2.24, 2.45) is 0 Å². The van der Waals surface area contributed by atoms with Gasteiger partial charge in [0.1, 0.15) is 5.75 Å². The van der Waals surface area contributed by atoms with Crippen LogP contribution in [0.25, 0.3) is 33.0 Å². The largest absolute Gasteiger partial charge is 0.507 e. The number of aromatic hydroxyl groups is 1. The van der Waals surface area contributed by atoms with E-state index in [4.69, 9.17) is 0 Å². The number of aliphatic hydroxyl groups excluding tert-OH is 1. The smallest absolute Gasteiger partial charge is 0.259 e. The predicted octanol–water partition coefficient (Wildman–Crippen LogP) is 3.10. The van der Waals surface area contributed by atoms with Gasteiger partial charge in [0.2, 0.25) is 0 Å². The Bertz CT molecular complexity index is 1480. The minimum Gasteiger partial charge on any atom is -0.507 e. The first-order valence-electron chi connectivity index (χ1n) is 11.8. The maximum atomic E-state index is 13.1. The molecule has 35 heavy (non-hydrogen) atoms. The molecule has 8 heteroatoms. The highest BCUT2D eigenvalue weighted by Crippen LogP contribution is 2.40. The third-order valence-electron chi connectivity index (χ3n) is 6.71. The lowest BCUT2D eigenvalue weighted by molar-refractivity contribution is -0.122. The number of benzene rings is 2. The van der Waals surface area contributed by atoms with Crippen LogP contribution in [0.4, 0.5) is 0 Å². The van der Waals surface area contributed by atoms with E-state index in [2.05, 4.69) is 15.2 Å². The van der Waals surface area contributed by atoms with E-state index in [0.717, 1.165) is 24.0 Å². The van der Waals surface area contributed by atoms with Crippen molar-refractivity contribution < 1.29 is 19.8 Å². The first kappa shape index (κ1) is 22.9. The number of hydrogen-bond acceptors (Lipinski definition) is 5. The molecule has 2 aromatic carbocycles. The molecule has 2 amide bonds. The predicted molar refractivity (Wildman–Crippen MR) is 136 cm³/mol. The van der Waals surface area contributed by atoms with E-state index in [1.807, 2.05) is 48.7 Å². The highest BCUT2D eigenvalue weighted by atomic mass is 16.3. The summed E-state index contributed by atoms with van der Waals surface area (Å²) < 4.78 is 1.84. The number of imide groups is 1. The third-order valence-corrected chi connectivity index (χ3v) is 6.71. The van der Waals surface area contributed by atoms with Crippen LogP contribution in [0.5, 0.6) is 5.75 Å². The Morgan fingerprint density at radius 1 is 0.971 bits per heavy atom. The number of H-pyrrole nitrogens is 1. The van der Waals surface area contributed by atoms with Gasteiger partial charge in [-0.15, -0.1) is 0 Å². The summed E-state index contributed by atoms with van der Waals surface area (Å²) in [4.78, 5) is 31.4. The number of rotatable bonds is 8. The van der Waals surface area contributed by atoms with Crippen molar-refractivity contribution in [3.05, 3.63) is 66.0 Å². The summed E-state index contributed by atoms with van der Waals surface area (Å²) in [7, 11) is 0. The van der Waals surface area contributed by atoms with Crippen LogP contribution in [0.15, 0.2) is 54.9 Å². The van der Waals surface area contributed by atoms with Crippen molar-refractivity contribution in [1.82, 2.24) is 19.8 Å². The van der Waals surface area contributed by atoms with Crippen LogP contribution in [-0.4, -0.2) is 62.2 Å². The molecule has 2 aromatic heterocycles. The monoisotopic (exact) mass is 472 g/mol. The average Bonchev–Trinajstić information content (AvgIpc) is 3.51. The van der Waals surface area contributed by atoms with Gasteiger partial charge in [-0.1, -0.05) is 38.1 Å². The van der Waals surface area contributed by atoms with Crippen LogP contribution in [0.3, 0.4) is 0 Å². The summed E-state index contributed by atoms with van der Waals surface area (Å²) in [6.07, 6.45) is 2.82. The lowest BCUT2D eigenvalue weighted by atomic mass is 9.95. The number of nitrogens with zero attached hydrogens (tertiary/aromatic N) is 2. The van der Waals surface area contributed by atoms with E-state index in [1.54, 1.807) is 24.5 Å². The van der Waals surface area contributed by atoms with Crippen LogP contribution < -0.4 is 5.32 Å². The number of amides is 2. The van der Waals surface area contributed by atoms with Crippen LogP contribution in [0.2, 0.25) is 0 Å². The molecular weight excluding hydrogens is 444 g/mol. The van der Waals surface area contributed by atoms with E-state index in [1.165, 1.54) is 0 Å². The van der Waals surface area contributed by atoms with Gasteiger partial charge in [-0.2, -0.15) is 0 Å². The highest BCUT2D eigenvalue weighted by molar-refractivity contribution is 6.50. The Kier molecular flexibility index (Phi) is 5.92. The summed E-state index contributed by atoms with van der Waals surface area (Å²) in [6.45, 7) is 6.53. The van der Waals surface area contributed by atoms with Gasteiger partial charge in [0.05, 0.1) is 22.8 Å². The van der Waals surface area contributed by atoms with Gasteiger partial charge in [0.25, 0.3) is 11.8 Å². The van der Waals surface area contributed by atoms with Gasteiger partial charge in [-0.05, 0) is 31.3 Å². The summed E-state index contributed by atoms with van der Waals surface area (Å²) in [5.41, 5.74) is 3.08. The van der Waals surface area contributed by atoms with Gasteiger partial charge in [0, 0.05) is 52.9 Å². The lowest BCUT2D eigenvalue weighted by Crippen LogP contribution is -2.34. The number of phenols is 1. The molecule has 0 fully saturated rings. The van der Waals surface area contributed by atoms with E-state index >= 15 is 0 Å². The molecule has 0 bridgehead atoms. The normalized spacial score (nSPS) is 15.1. The molecule has 0 aliphatic carbocycles. The SMILES string of the molecule is CCN(CC)CC(O)Cn1cc(C2=C(c3c[nH]c4ccccc34)C(=O)NC2=O)c2c(O)cccc21. The Hall–Kier alpha value is -3.88. The molecular formula is C27H28N4O4. The standard InChI is InChI=1S/C27H28N4O4/c1-3-30(4-2)13-16(32)14-31-15-19(23-21(31)10-7-11-22(23)33)25-24(26(34)29-27(25)35)18-12-28-20-9-6-5-8-17(18)20/h5-12,15-16,28,32-33H,3-4,13-14H2,1-2H3,(H,29,34,35). The van der Waals surface area contributed by atoms with E-state index in [9.17, 15) is 19.8 Å². The first-order valence-corrected chi connectivity index (χ1v) is 11.8. The number of aromatic amines is 1. The highest BCUT2D eigenvalue weighted by Gasteiger charge is 2.35. The van der Waals surface area contributed by atoms with Crippen LogP contribution >= 0.6 is 0 Å². The number of aromatic nitrogens is 2. The summed E-state index contributed by atoms with van der Waals surface area (Å²) in [5, 5.41) is 25.3. The fourth-order valence-corrected chi connectivity index (χ4v) is 4.99. The number of likely N-dealkylation sites (N-methyl/N-ethyl adjacent to an activating group) is 1. The van der Waals surface area contributed by atoms with E-state index < -0.39 is 17.9 Å². The van der Waals surface area contributed by atoms with Gasteiger partial charge >= 0.3 is 0 Å². The van der Waals surface area contributed by atoms with Crippen molar-refractivity contribution in [3.63, 3.8) is 0 Å². The summed E-state index contributed by atoms with van der Waals surface area (Å²) >= 11 is 0. The Morgan fingerprint density at radius 3 is 2.43 bits per heavy atom. The fraction of sp³-hybridized carbons (Fsp3) is 0.259. The molecule has 180 valence electrons. The third kappa shape index (κ3) is 3.90. The fourth-order valence-electron chi connectivity index (χ4n) is 4.99. The Labute approximate surface area is 202 Å². The number of para-hydroxylation sites is 1. The van der Waals surface area contributed by atoms with Crippen molar-refractivity contribution in [1.29, 1.82) is 0 Å². The minimum absolute atomic E-state index is 0.00686. The summed E-state index contributed by atoms with van der Waals surface area (Å²) in [5.74, 6) is -0.985. The molecule has 3 heterocycles. The molecule has 8 nitrogen and oxygen atoms in total. The lowest BCUT2D eigenvalue weighted by Gasteiger charge is -2.22. The second-order valence-corrected chi connectivity index (χ2v) is 8.79. The Morgan fingerprint density at radius 2 is 1.69 bits per heavy atom. The van der Waals surface area contributed by atoms with Crippen molar-refractivity contribution in [2.75, 3.05) is 19.6 Å². The van der Waals surface area contributed by atoms with E-state index in [-0.39, 0.29) is 23.4 Å². The van der Waals surface area contributed by atoms with Crippen LogP contribution in [0.1, 0.15) is 25.0 Å². The van der Waals surface area contributed by atoms with E-state index in [0.29, 0.717) is 28.6 Å². The average molecular weight is 473 g/mol. The number of carbonyl (C=O) groups excluding carboxylic acids is 2. The maximum Gasteiger partial charge on any atom is 0.259 e. The molecule has 1 aliphatic heterocycles. The molecule has 0 spiro atoms. The van der Waals surface area contributed by atoms with Crippen molar-refractivity contribution in [3.8, 4) is 5.75 Å². The molecule has 0 saturated heterocycles. The molecule has 0 saturated carbocycles. The molecule has 4 aromatic rings. The van der Waals surface area contributed by atoms with Crippen LogP contribution in [0, 0.1) is 0 Å². The van der Waals surface area contributed by atoms with Gasteiger partial charge in [-0.3, -0.25) is 14.9 Å². The number of hydrogen-bond donors (Lipinski definition) is 4. The molecule has 1 aliphatic rings. The molecule has 1 atom stereocenters. The quantitative estimate of drug-likeness (QED) is 0.295. The molecule has 4 N–H and O–H groups in total. The number of phenolic OH excluding ortho intramolecular Hbond substituents is 1. The molecule has 5 rings (SSSR count). The molecule has 0 radical (unpaired) electrons. The number of nitrogens with one attached hydrogen (secondary N) is 2. The maximum absolute atomic E-state index is 13.1. The van der Waals surface area contributed by atoms with Crippen LogP contribution in [-0.2, 0) is 16.1 Å². The Balaban J connectivity index is 1.68. The van der Waals surface area contributed by atoms with Gasteiger partial charge in [-0.25, -0.2) is 0 Å². The zero-order valence-electron chi connectivity index (χ0n) is 19.7. The minimum atomic E-state index is -0.651. The van der Waals surface area contributed by atoms with Crippen molar-refractivity contribution in [2.45, 2.75) is 26.5 Å². The molecule has 1 unspecified atom stereocenters. The summed E-state index contributed by atoms with van der Waals surface area (Å²) in [6, 6.07) is 12.7. The number of fused-ring (bicyclic) bond motifs is 2. The van der Waals surface area contributed by atoms with Gasteiger partial charge in [0.15, 0.2) is 0 Å². The first-order chi connectivity index (χ1) is 16.9. The number of aliphatic hydroxyl groups is 1. The number of carbonyl (C=O) groups is 2. The topological polar surface area (TPSA) is 111 Å². The second kappa shape index (κ2) is 9.05. The van der Waals surface area contributed by atoms with Crippen molar-refractivity contribution >= 4 is 44.8 Å².